The topological polar surface area (TPSA) is 26.8 Å². The first-order valence-corrected chi connectivity index (χ1v) is 7.91. The van der Waals surface area contributed by atoms with Gasteiger partial charge in [0.05, 0.1) is 0 Å². The van der Waals surface area contributed by atoms with E-state index in [1.807, 2.05) is 16.8 Å². The number of rotatable bonds is 1. The van der Waals surface area contributed by atoms with Crippen LogP contribution in [0.5, 0.6) is 0 Å². The molecule has 0 spiro atoms. The zero-order valence-electron chi connectivity index (χ0n) is 13.2. The molecule has 6 heteroatoms. The van der Waals surface area contributed by atoms with E-state index in [4.69, 9.17) is 0 Å². The van der Waals surface area contributed by atoms with Gasteiger partial charge in [0.2, 0.25) is 5.91 Å². The van der Waals surface area contributed by atoms with Gasteiger partial charge in [0.15, 0.2) is 0 Å². The van der Waals surface area contributed by atoms with Crippen molar-refractivity contribution in [2.75, 3.05) is 53.4 Å². The van der Waals surface area contributed by atoms with E-state index < -0.39 is 5.92 Å². The minimum Gasteiger partial charge on any atom is -0.340 e. The second-order valence-electron chi connectivity index (χ2n) is 6.56. The van der Waals surface area contributed by atoms with Gasteiger partial charge in [0.25, 0.3) is 5.92 Å². The van der Waals surface area contributed by atoms with Crippen LogP contribution in [0.15, 0.2) is 0 Å². The number of alkyl halides is 2. The number of likely N-dealkylation sites (N-methyl/N-ethyl adjacent to an activating group) is 1. The lowest BCUT2D eigenvalue weighted by atomic mass is 10.1. The van der Waals surface area contributed by atoms with Crippen LogP contribution in [0.1, 0.15) is 25.7 Å². The first kappa shape index (κ1) is 16.6. The summed E-state index contributed by atoms with van der Waals surface area (Å²) in [7, 11) is 3.98. The maximum Gasteiger partial charge on any atom is 0.250 e. The molecule has 1 aliphatic carbocycles. The summed E-state index contributed by atoms with van der Waals surface area (Å²) in [4.78, 5) is 17.8. The smallest absolute Gasteiger partial charge is 0.250 e. The first-order valence-electron chi connectivity index (χ1n) is 7.91. The van der Waals surface area contributed by atoms with E-state index in [9.17, 15) is 13.6 Å². The van der Waals surface area contributed by atoms with Gasteiger partial charge in [0, 0.05) is 58.0 Å². The van der Waals surface area contributed by atoms with Crippen molar-refractivity contribution in [1.82, 2.24) is 14.7 Å². The number of piperazine rings is 1. The summed E-state index contributed by atoms with van der Waals surface area (Å²) in [5, 5.41) is 0. The molecule has 0 radical (unpaired) electrons. The molecule has 122 valence electrons. The maximum atomic E-state index is 12.4. The Morgan fingerprint density at radius 2 is 1.38 bits per heavy atom. The lowest BCUT2D eigenvalue weighted by Gasteiger charge is -2.32. The number of piperidine rings is 1. The lowest BCUT2D eigenvalue weighted by Crippen LogP contribution is -2.47. The molecule has 21 heavy (non-hydrogen) atoms. The number of likely N-dealkylation sites (tertiary alicyclic amines) is 1. The molecule has 0 aromatic rings. The summed E-state index contributed by atoms with van der Waals surface area (Å²) in [5.41, 5.74) is 0. The van der Waals surface area contributed by atoms with Crippen molar-refractivity contribution >= 4 is 5.91 Å². The number of hydrogen-bond donors (Lipinski definition) is 0. The van der Waals surface area contributed by atoms with Gasteiger partial charge >= 0.3 is 0 Å². The lowest BCUT2D eigenvalue weighted by molar-refractivity contribution is -0.134. The molecule has 3 aliphatic rings. The van der Waals surface area contributed by atoms with Crippen LogP contribution in [-0.4, -0.2) is 79.9 Å². The highest BCUT2D eigenvalue weighted by Crippen LogP contribution is 2.31. The molecule has 1 saturated carbocycles. The molecule has 0 atom stereocenters. The molecule has 0 bridgehead atoms. The summed E-state index contributed by atoms with van der Waals surface area (Å²) >= 11 is 0. The highest BCUT2D eigenvalue weighted by molar-refractivity contribution is 5.81. The standard InChI is InChI=1S/C9H16N2O.C6H11F2N/c1-10-4-6-11(7-5-10)9(12)8-2-3-8;1-9-4-2-6(7,8)3-5-9/h8H,2-7H2,1H3;2-5H2,1H3. The van der Waals surface area contributed by atoms with E-state index >= 15 is 0 Å². The molecule has 2 heterocycles. The van der Waals surface area contributed by atoms with Crippen LogP contribution in [0.25, 0.3) is 0 Å². The highest BCUT2D eigenvalue weighted by Gasteiger charge is 2.34. The molecule has 0 N–H and O–H groups in total. The number of halogens is 2. The van der Waals surface area contributed by atoms with Crippen LogP contribution >= 0.6 is 0 Å². The third-order valence-electron chi connectivity index (χ3n) is 4.46. The zero-order chi connectivity index (χ0) is 15.5. The molecule has 0 aromatic heterocycles. The van der Waals surface area contributed by atoms with Crippen LogP contribution in [-0.2, 0) is 4.79 Å². The van der Waals surface area contributed by atoms with Crippen LogP contribution in [0, 0.1) is 5.92 Å². The number of carbonyl (C=O) groups is 1. The third kappa shape index (κ3) is 5.51. The fraction of sp³-hybridized carbons (Fsp3) is 0.933. The Morgan fingerprint density at radius 3 is 1.81 bits per heavy atom. The predicted molar refractivity (Wildman–Crippen MR) is 78.5 cm³/mol. The predicted octanol–water partition coefficient (Wildman–Crippen LogP) is 1.52. The molecule has 3 rings (SSSR count). The largest absolute Gasteiger partial charge is 0.340 e. The highest BCUT2D eigenvalue weighted by atomic mass is 19.3. The Kier molecular flexibility index (Phi) is 5.54. The monoisotopic (exact) mass is 303 g/mol. The normalized spacial score (nSPS) is 27.0. The first-order chi connectivity index (χ1) is 9.87. The van der Waals surface area contributed by atoms with Crippen molar-refractivity contribution in [3.05, 3.63) is 0 Å². The summed E-state index contributed by atoms with van der Waals surface area (Å²) in [6, 6.07) is 0. The van der Waals surface area contributed by atoms with Crippen molar-refractivity contribution in [2.45, 2.75) is 31.6 Å². The Bertz CT molecular complexity index is 343. The zero-order valence-corrected chi connectivity index (χ0v) is 13.2. The maximum absolute atomic E-state index is 12.4. The molecular formula is C15H27F2N3O. The van der Waals surface area contributed by atoms with E-state index in [0.717, 1.165) is 39.0 Å². The van der Waals surface area contributed by atoms with E-state index in [2.05, 4.69) is 11.9 Å². The van der Waals surface area contributed by atoms with Gasteiger partial charge in [-0.25, -0.2) is 8.78 Å². The van der Waals surface area contributed by atoms with Crippen molar-refractivity contribution < 1.29 is 13.6 Å². The van der Waals surface area contributed by atoms with Crippen LogP contribution in [0.4, 0.5) is 8.78 Å². The van der Waals surface area contributed by atoms with Crippen LogP contribution in [0.2, 0.25) is 0 Å². The quantitative estimate of drug-likeness (QED) is 0.735. The number of carbonyl (C=O) groups excluding carboxylic acids is 1. The molecule has 3 fully saturated rings. The fourth-order valence-corrected chi connectivity index (χ4v) is 2.56. The minimum atomic E-state index is -2.38. The summed E-state index contributed by atoms with van der Waals surface area (Å²) in [6.45, 7) is 5.02. The molecule has 1 amide bonds. The van der Waals surface area contributed by atoms with Crippen molar-refractivity contribution in [2.24, 2.45) is 5.92 Å². The molecular weight excluding hydrogens is 276 g/mol. The number of amides is 1. The van der Waals surface area contributed by atoms with Gasteiger partial charge in [-0.05, 0) is 26.9 Å². The molecule has 0 aromatic carbocycles. The Balaban J connectivity index is 0.000000161. The van der Waals surface area contributed by atoms with Gasteiger partial charge < -0.3 is 14.7 Å². The van der Waals surface area contributed by atoms with E-state index in [-0.39, 0.29) is 12.8 Å². The molecule has 2 aliphatic heterocycles. The van der Waals surface area contributed by atoms with Crippen molar-refractivity contribution in [3.8, 4) is 0 Å². The number of hydrogen-bond acceptors (Lipinski definition) is 3. The van der Waals surface area contributed by atoms with Gasteiger partial charge in [-0.2, -0.15) is 0 Å². The van der Waals surface area contributed by atoms with Gasteiger partial charge in [0.1, 0.15) is 0 Å². The summed E-state index contributed by atoms with van der Waals surface area (Å²) in [5.74, 6) is -1.58. The SMILES string of the molecule is CN1CCC(F)(F)CC1.CN1CCN(C(=O)C2CC2)CC1. The van der Waals surface area contributed by atoms with Crippen molar-refractivity contribution in [1.29, 1.82) is 0 Å². The molecule has 0 unspecified atom stereocenters. The Hall–Kier alpha value is -0.750. The van der Waals surface area contributed by atoms with E-state index in [1.165, 1.54) is 0 Å². The second kappa shape index (κ2) is 7.01. The summed E-state index contributed by atoms with van der Waals surface area (Å²) < 4.78 is 24.7. The van der Waals surface area contributed by atoms with E-state index in [0.29, 0.717) is 24.9 Å². The average molecular weight is 303 g/mol. The van der Waals surface area contributed by atoms with Gasteiger partial charge in [-0.3, -0.25) is 4.79 Å². The molecule has 4 nitrogen and oxygen atoms in total. The Morgan fingerprint density at radius 1 is 0.905 bits per heavy atom. The third-order valence-corrected chi connectivity index (χ3v) is 4.46. The van der Waals surface area contributed by atoms with E-state index in [1.54, 1.807) is 0 Å². The second-order valence-corrected chi connectivity index (χ2v) is 6.56. The van der Waals surface area contributed by atoms with Gasteiger partial charge in [-0.1, -0.05) is 0 Å². The minimum absolute atomic E-state index is 0.0312. The van der Waals surface area contributed by atoms with Crippen molar-refractivity contribution in [3.63, 3.8) is 0 Å². The average Bonchev–Trinajstić information content (AvgIpc) is 3.28. The fourth-order valence-electron chi connectivity index (χ4n) is 2.56. The summed E-state index contributed by atoms with van der Waals surface area (Å²) in [6.07, 6.45) is 2.32. The van der Waals surface area contributed by atoms with Gasteiger partial charge in [-0.15, -0.1) is 0 Å². The van der Waals surface area contributed by atoms with Crippen LogP contribution in [0.3, 0.4) is 0 Å². The van der Waals surface area contributed by atoms with Crippen LogP contribution < -0.4 is 0 Å². The molecule has 2 saturated heterocycles. The Labute approximate surface area is 126 Å². The number of nitrogens with zero attached hydrogens (tertiary/aromatic N) is 3.